The number of halogens is 1. The largest absolute Gasteiger partial charge is 0.493 e. The van der Waals surface area contributed by atoms with Gasteiger partial charge in [0.05, 0.1) is 27.4 Å². The van der Waals surface area contributed by atoms with Gasteiger partial charge in [-0.2, -0.15) is 0 Å². The van der Waals surface area contributed by atoms with Gasteiger partial charge in [0.2, 0.25) is 11.7 Å². The molecular formula is C18H27ClN2O4. The van der Waals surface area contributed by atoms with Crippen LogP contribution in [0.4, 0.5) is 5.69 Å². The Morgan fingerprint density at radius 2 is 1.72 bits per heavy atom. The van der Waals surface area contributed by atoms with E-state index in [-0.39, 0.29) is 24.4 Å². The molecule has 7 heteroatoms. The number of ether oxygens (including phenoxy) is 3. The Bertz CT molecular complexity index is 572. The zero-order valence-corrected chi connectivity index (χ0v) is 15.8. The molecule has 1 aliphatic carbocycles. The van der Waals surface area contributed by atoms with Gasteiger partial charge in [-0.15, -0.1) is 12.4 Å². The fourth-order valence-electron chi connectivity index (χ4n) is 3.90. The van der Waals surface area contributed by atoms with E-state index in [0.717, 1.165) is 6.42 Å². The highest BCUT2D eigenvalue weighted by Crippen LogP contribution is 2.40. The fraction of sp³-hybridized carbons (Fsp3) is 0.611. The van der Waals surface area contributed by atoms with Crippen LogP contribution in [0.25, 0.3) is 0 Å². The van der Waals surface area contributed by atoms with Gasteiger partial charge in [0, 0.05) is 23.9 Å². The van der Waals surface area contributed by atoms with Gasteiger partial charge in [-0.25, -0.2) is 0 Å². The lowest BCUT2D eigenvalue weighted by Gasteiger charge is -2.24. The molecule has 0 spiro atoms. The van der Waals surface area contributed by atoms with Crippen LogP contribution in [0.5, 0.6) is 17.2 Å². The first-order valence-electron chi connectivity index (χ1n) is 8.53. The van der Waals surface area contributed by atoms with Crippen molar-refractivity contribution in [3.8, 4) is 17.2 Å². The van der Waals surface area contributed by atoms with Crippen molar-refractivity contribution in [3.63, 3.8) is 0 Å². The molecule has 1 heterocycles. The Kier molecular flexibility index (Phi) is 6.79. The minimum absolute atomic E-state index is 0. The van der Waals surface area contributed by atoms with Crippen LogP contribution >= 0.6 is 12.4 Å². The molecule has 1 aromatic carbocycles. The van der Waals surface area contributed by atoms with Crippen LogP contribution in [0.1, 0.15) is 32.1 Å². The molecule has 0 aromatic heterocycles. The Labute approximate surface area is 155 Å². The molecule has 1 aromatic rings. The third-order valence-corrected chi connectivity index (χ3v) is 5.11. The second kappa shape index (κ2) is 8.63. The van der Waals surface area contributed by atoms with Crippen LogP contribution in [0, 0.1) is 5.92 Å². The predicted octanol–water partition coefficient (Wildman–Crippen LogP) is 2.99. The van der Waals surface area contributed by atoms with E-state index in [1.54, 1.807) is 33.5 Å². The van der Waals surface area contributed by atoms with Crippen LogP contribution in [-0.4, -0.2) is 39.3 Å². The Morgan fingerprint density at radius 1 is 1.08 bits per heavy atom. The summed E-state index contributed by atoms with van der Waals surface area (Å²) in [7, 11) is 4.68. The van der Waals surface area contributed by atoms with Crippen molar-refractivity contribution in [1.29, 1.82) is 0 Å². The highest BCUT2D eigenvalue weighted by Gasteiger charge is 2.38. The number of carbonyl (C=O) groups is 1. The fourth-order valence-corrected chi connectivity index (χ4v) is 3.90. The minimum Gasteiger partial charge on any atom is -0.493 e. The van der Waals surface area contributed by atoms with E-state index < -0.39 is 0 Å². The van der Waals surface area contributed by atoms with Crippen molar-refractivity contribution in [2.45, 2.75) is 44.2 Å². The number of methoxy groups -OCH3 is 3. The molecular weight excluding hydrogens is 344 g/mol. The topological polar surface area (TPSA) is 68.8 Å². The van der Waals surface area contributed by atoms with Crippen LogP contribution in [0.15, 0.2) is 12.1 Å². The van der Waals surface area contributed by atoms with Gasteiger partial charge in [-0.1, -0.05) is 12.8 Å². The standard InChI is InChI=1S/C18H26N2O4.ClH/c1-22-15-9-12(10-16(23-2)17(15)24-3)19-18(21)14-8-11-6-4-5-7-13(11)20-14;/h9-11,13-14,20H,4-8H2,1-3H3,(H,19,21);1H. The van der Waals surface area contributed by atoms with E-state index >= 15 is 0 Å². The molecule has 25 heavy (non-hydrogen) atoms. The summed E-state index contributed by atoms with van der Waals surface area (Å²) in [5, 5.41) is 6.47. The molecule has 1 saturated carbocycles. The predicted molar refractivity (Wildman–Crippen MR) is 99.3 cm³/mol. The molecule has 0 radical (unpaired) electrons. The first kappa shape index (κ1) is 19.7. The summed E-state index contributed by atoms with van der Waals surface area (Å²) in [6, 6.07) is 3.87. The first-order valence-corrected chi connectivity index (χ1v) is 8.53. The van der Waals surface area contributed by atoms with Crippen molar-refractivity contribution in [1.82, 2.24) is 5.32 Å². The summed E-state index contributed by atoms with van der Waals surface area (Å²) in [6.07, 6.45) is 5.87. The number of anilines is 1. The first-order chi connectivity index (χ1) is 11.7. The van der Waals surface area contributed by atoms with Crippen LogP contribution < -0.4 is 24.8 Å². The van der Waals surface area contributed by atoms with E-state index in [0.29, 0.717) is 34.9 Å². The third-order valence-electron chi connectivity index (χ3n) is 5.11. The lowest BCUT2D eigenvalue weighted by atomic mass is 9.85. The smallest absolute Gasteiger partial charge is 0.241 e. The molecule has 2 fully saturated rings. The maximum absolute atomic E-state index is 12.6. The van der Waals surface area contributed by atoms with Crippen molar-refractivity contribution in [3.05, 3.63) is 12.1 Å². The van der Waals surface area contributed by atoms with Gasteiger partial charge in [-0.05, 0) is 25.2 Å². The highest BCUT2D eigenvalue weighted by atomic mass is 35.5. The number of hydrogen-bond donors (Lipinski definition) is 2. The van der Waals surface area contributed by atoms with Gasteiger partial charge in [-0.3, -0.25) is 4.79 Å². The van der Waals surface area contributed by atoms with E-state index in [4.69, 9.17) is 14.2 Å². The SMILES string of the molecule is COc1cc(NC(=O)C2CC3CCCCC3N2)cc(OC)c1OC.Cl. The average molecular weight is 371 g/mol. The summed E-state index contributed by atoms with van der Waals surface area (Å²) in [5.41, 5.74) is 0.645. The number of rotatable bonds is 5. The Balaban J connectivity index is 0.00000225. The van der Waals surface area contributed by atoms with Crippen molar-refractivity contribution in [2.24, 2.45) is 5.92 Å². The van der Waals surface area contributed by atoms with Gasteiger partial charge in [0.15, 0.2) is 11.5 Å². The summed E-state index contributed by atoms with van der Waals surface area (Å²) < 4.78 is 16.0. The zero-order valence-electron chi connectivity index (χ0n) is 15.0. The minimum atomic E-state index is -0.128. The summed E-state index contributed by atoms with van der Waals surface area (Å²) in [5.74, 6) is 2.21. The van der Waals surface area contributed by atoms with Crippen LogP contribution in [0.2, 0.25) is 0 Å². The Morgan fingerprint density at radius 3 is 2.28 bits per heavy atom. The van der Waals surface area contributed by atoms with E-state index in [9.17, 15) is 4.79 Å². The number of benzene rings is 1. The number of hydrogen-bond acceptors (Lipinski definition) is 5. The van der Waals surface area contributed by atoms with Gasteiger partial charge in [0.25, 0.3) is 0 Å². The maximum atomic E-state index is 12.6. The molecule has 2 N–H and O–H groups in total. The second-order valence-electron chi connectivity index (χ2n) is 6.51. The molecule has 3 unspecified atom stereocenters. The van der Waals surface area contributed by atoms with Crippen LogP contribution in [-0.2, 0) is 4.79 Å². The van der Waals surface area contributed by atoms with Crippen molar-refractivity contribution in [2.75, 3.05) is 26.6 Å². The van der Waals surface area contributed by atoms with Gasteiger partial charge in [0.1, 0.15) is 0 Å². The number of carbonyl (C=O) groups excluding carboxylic acids is 1. The number of nitrogens with one attached hydrogen (secondary N) is 2. The second-order valence-corrected chi connectivity index (χ2v) is 6.51. The molecule has 1 aliphatic heterocycles. The van der Waals surface area contributed by atoms with Crippen LogP contribution in [0.3, 0.4) is 0 Å². The van der Waals surface area contributed by atoms with Crippen molar-refractivity contribution < 1.29 is 19.0 Å². The normalized spacial score (nSPS) is 24.7. The van der Waals surface area contributed by atoms with Gasteiger partial charge < -0.3 is 24.8 Å². The monoisotopic (exact) mass is 370 g/mol. The van der Waals surface area contributed by atoms with Crippen molar-refractivity contribution >= 4 is 24.0 Å². The highest BCUT2D eigenvalue weighted by molar-refractivity contribution is 5.95. The quantitative estimate of drug-likeness (QED) is 0.833. The summed E-state index contributed by atoms with van der Waals surface area (Å²) >= 11 is 0. The molecule has 140 valence electrons. The third kappa shape index (κ3) is 4.12. The lowest BCUT2D eigenvalue weighted by Crippen LogP contribution is -2.39. The molecule has 6 nitrogen and oxygen atoms in total. The molecule has 3 atom stereocenters. The van der Waals surface area contributed by atoms with E-state index in [1.807, 2.05) is 0 Å². The maximum Gasteiger partial charge on any atom is 0.241 e. The number of fused-ring (bicyclic) bond motifs is 1. The Hall–Kier alpha value is -1.66. The zero-order chi connectivity index (χ0) is 17.1. The molecule has 3 rings (SSSR count). The lowest BCUT2D eigenvalue weighted by molar-refractivity contribution is -0.117. The molecule has 1 saturated heterocycles. The average Bonchev–Trinajstić information content (AvgIpc) is 3.05. The molecule has 1 amide bonds. The molecule has 2 aliphatic rings. The number of amides is 1. The molecule has 0 bridgehead atoms. The van der Waals surface area contributed by atoms with E-state index in [1.165, 1.54) is 25.7 Å². The van der Waals surface area contributed by atoms with E-state index in [2.05, 4.69) is 10.6 Å². The van der Waals surface area contributed by atoms with Gasteiger partial charge >= 0.3 is 0 Å². The summed E-state index contributed by atoms with van der Waals surface area (Å²) in [6.45, 7) is 0. The summed E-state index contributed by atoms with van der Waals surface area (Å²) in [4.78, 5) is 12.6.